The third kappa shape index (κ3) is 4.25. The van der Waals surface area contributed by atoms with Gasteiger partial charge in [-0.2, -0.15) is 0 Å². The average molecular weight is 641 g/mol. The molecular formula is C46H32N4. The van der Waals surface area contributed by atoms with Gasteiger partial charge in [-0.05, 0) is 45.9 Å². The lowest BCUT2D eigenvalue weighted by molar-refractivity contribution is 0.636. The first kappa shape index (κ1) is 28.7. The molecule has 0 spiro atoms. The van der Waals surface area contributed by atoms with Crippen molar-refractivity contribution in [2.24, 2.45) is 0 Å². The Bertz CT molecular complexity index is 2640. The minimum Gasteiger partial charge on any atom is -0.231 e. The molecule has 0 radical (unpaired) electrons. The molecule has 4 nitrogen and oxygen atoms in total. The van der Waals surface area contributed by atoms with Gasteiger partial charge in [0.1, 0.15) is 0 Å². The normalized spacial score (nSPS) is 13.5. The second-order valence-electron chi connectivity index (χ2n) is 13.8. The summed E-state index contributed by atoms with van der Waals surface area (Å²) in [5.41, 5.74) is 16.6. The molecule has 6 aromatic carbocycles. The molecule has 0 bridgehead atoms. The van der Waals surface area contributed by atoms with Gasteiger partial charge >= 0.3 is 0 Å². The minimum absolute atomic E-state index is 0.259. The van der Waals surface area contributed by atoms with E-state index in [-0.39, 0.29) is 5.41 Å². The lowest BCUT2D eigenvalue weighted by Crippen LogP contribution is -2.17. The van der Waals surface area contributed by atoms with Crippen molar-refractivity contribution in [2.45, 2.75) is 25.7 Å². The molecule has 2 heterocycles. The topological polar surface area (TPSA) is 51.6 Å². The van der Waals surface area contributed by atoms with Crippen molar-refractivity contribution in [3.05, 3.63) is 168 Å². The molecule has 0 saturated heterocycles. The molecule has 0 amide bonds. The van der Waals surface area contributed by atoms with E-state index in [1.165, 1.54) is 33.4 Å². The lowest BCUT2D eigenvalue weighted by atomic mass is 9.85. The zero-order valence-corrected chi connectivity index (χ0v) is 27.9. The predicted molar refractivity (Wildman–Crippen MR) is 203 cm³/mol. The Morgan fingerprint density at radius 1 is 0.460 bits per heavy atom. The number of rotatable bonds is 4. The van der Waals surface area contributed by atoms with Crippen LogP contribution in [0.25, 0.3) is 78.4 Å². The van der Waals surface area contributed by atoms with Crippen LogP contribution in [0.3, 0.4) is 0 Å². The van der Waals surface area contributed by atoms with E-state index in [2.05, 4.69) is 141 Å². The van der Waals surface area contributed by atoms with E-state index in [0.717, 1.165) is 73.9 Å². The van der Waals surface area contributed by atoms with Crippen LogP contribution in [0.1, 0.15) is 36.2 Å². The van der Waals surface area contributed by atoms with Crippen LogP contribution < -0.4 is 0 Å². The molecule has 8 aromatic rings. The summed E-state index contributed by atoms with van der Waals surface area (Å²) in [6.45, 7) is 4.57. The Labute approximate surface area is 291 Å². The van der Waals surface area contributed by atoms with Gasteiger partial charge in [-0.25, -0.2) is 19.9 Å². The number of fused-ring (bicyclic) bond motifs is 7. The number of nitrogens with zero attached hydrogens (tertiary/aromatic N) is 4. The number of para-hydroxylation sites is 1. The van der Waals surface area contributed by atoms with Crippen LogP contribution in [0.4, 0.5) is 0 Å². The fourth-order valence-electron chi connectivity index (χ4n) is 8.14. The molecule has 4 heteroatoms. The van der Waals surface area contributed by atoms with Crippen molar-refractivity contribution in [2.75, 3.05) is 0 Å². The van der Waals surface area contributed by atoms with Gasteiger partial charge in [0.15, 0.2) is 11.6 Å². The first-order valence-electron chi connectivity index (χ1n) is 17.2. The molecule has 0 atom stereocenters. The van der Waals surface area contributed by atoms with Crippen LogP contribution in [0.15, 0.2) is 146 Å². The monoisotopic (exact) mass is 640 g/mol. The third-order valence-corrected chi connectivity index (χ3v) is 10.5. The highest BCUT2D eigenvalue weighted by molar-refractivity contribution is 5.98. The SMILES string of the molecule is CC1(C)c2ccccc2-c2c(-c3cccc4c3Cc3cccc(-c5nc(-c6ccccc6)c6ccccc6n5)c3-4)nc(-c3ccccc3)nc21. The summed E-state index contributed by atoms with van der Waals surface area (Å²) in [5.74, 6) is 1.50. The highest BCUT2D eigenvalue weighted by Crippen LogP contribution is 2.53. The minimum atomic E-state index is -0.259. The molecule has 236 valence electrons. The standard InChI is InChI=1S/C46H32N4/c1-46(2)37-25-11-9-20-33(37)40-42(49-44(50-43(40)46)29-17-7-4-8-18-29)32-23-14-22-31-36(32)27-30-19-13-24-35(39(30)31)45-47-38-26-12-10-21-34(38)41(48-45)28-15-5-3-6-16-28/h3-26H,27H2,1-2H3. The summed E-state index contributed by atoms with van der Waals surface area (Å²) in [4.78, 5) is 21.1. The fourth-order valence-corrected chi connectivity index (χ4v) is 8.14. The van der Waals surface area contributed by atoms with E-state index in [9.17, 15) is 0 Å². The van der Waals surface area contributed by atoms with Crippen LogP contribution in [0.5, 0.6) is 0 Å². The first-order valence-corrected chi connectivity index (χ1v) is 17.2. The van der Waals surface area contributed by atoms with Crippen molar-refractivity contribution >= 4 is 10.9 Å². The molecule has 0 saturated carbocycles. The predicted octanol–water partition coefficient (Wildman–Crippen LogP) is 11.0. The van der Waals surface area contributed by atoms with Crippen molar-refractivity contribution in [3.8, 4) is 67.5 Å². The van der Waals surface area contributed by atoms with E-state index in [0.29, 0.717) is 0 Å². The van der Waals surface area contributed by atoms with E-state index < -0.39 is 0 Å². The summed E-state index contributed by atoms with van der Waals surface area (Å²) in [5, 5.41) is 1.05. The quantitative estimate of drug-likeness (QED) is 0.192. The maximum absolute atomic E-state index is 5.41. The molecule has 0 fully saturated rings. The number of hydrogen-bond donors (Lipinski definition) is 0. The van der Waals surface area contributed by atoms with Gasteiger partial charge in [0.2, 0.25) is 0 Å². The van der Waals surface area contributed by atoms with Crippen molar-refractivity contribution in [1.82, 2.24) is 19.9 Å². The Hall–Kier alpha value is -6.26. The summed E-state index contributed by atoms with van der Waals surface area (Å²) in [7, 11) is 0. The van der Waals surface area contributed by atoms with Crippen LogP contribution in [0, 0.1) is 0 Å². The van der Waals surface area contributed by atoms with Crippen molar-refractivity contribution < 1.29 is 0 Å². The second-order valence-corrected chi connectivity index (χ2v) is 13.8. The maximum Gasteiger partial charge on any atom is 0.161 e. The number of benzene rings is 6. The highest BCUT2D eigenvalue weighted by Gasteiger charge is 2.40. The fraction of sp³-hybridized carbons (Fsp3) is 0.0870. The Morgan fingerprint density at radius 3 is 1.94 bits per heavy atom. The van der Waals surface area contributed by atoms with E-state index >= 15 is 0 Å². The van der Waals surface area contributed by atoms with Crippen LogP contribution in [-0.4, -0.2) is 19.9 Å². The zero-order chi connectivity index (χ0) is 33.4. The van der Waals surface area contributed by atoms with Crippen LogP contribution in [-0.2, 0) is 11.8 Å². The van der Waals surface area contributed by atoms with Gasteiger partial charge in [0.25, 0.3) is 0 Å². The second kappa shape index (κ2) is 10.9. The van der Waals surface area contributed by atoms with Gasteiger partial charge in [0, 0.05) is 38.6 Å². The van der Waals surface area contributed by atoms with E-state index in [1.54, 1.807) is 0 Å². The van der Waals surface area contributed by atoms with Gasteiger partial charge in [-0.3, -0.25) is 0 Å². The highest BCUT2D eigenvalue weighted by atomic mass is 14.9. The Morgan fingerprint density at radius 2 is 1.10 bits per heavy atom. The summed E-state index contributed by atoms with van der Waals surface area (Å²) >= 11 is 0. The molecular weight excluding hydrogens is 609 g/mol. The third-order valence-electron chi connectivity index (χ3n) is 10.5. The molecule has 2 aliphatic carbocycles. The van der Waals surface area contributed by atoms with E-state index in [4.69, 9.17) is 19.9 Å². The maximum atomic E-state index is 5.41. The zero-order valence-electron chi connectivity index (χ0n) is 27.9. The largest absolute Gasteiger partial charge is 0.231 e. The van der Waals surface area contributed by atoms with Gasteiger partial charge in [0.05, 0.1) is 22.6 Å². The van der Waals surface area contributed by atoms with Gasteiger partial charge in [-0.1, -0.05) is 153 Å². The average Bonchev–Trinajstić information content (AvgIpc) is 3.67. The molecule has 10 rings (SSSR count). The number of aromatic nitrogens is 4. The smallest absolute Gasteiger partial charge is 0.161 e. The summed E-state index contributed by atoms with van der Waals surface area (Å²) in [6, 6.07) is 51.1. The molecule has 2 aliphatic rings. The summed E-state index contributed by atoms with van der Waals surface area (Å²) < 4.78 is 0. The molecule has 0 N–H and O–H groups in total. The Balaban J connectivity index is 1.20. The Kier molecular flexibility index (Phi) is 6.25. The molecule has 50 heavy (non-hydrogen) atoms. The summed E-state index contributed by atoms with van der Waals surface area (Å²) in [6.07, 6.45) is 0.804. The van der Waals surface area contributed by atoms with Crippen LogP contribution in [0.2, 0.25) is 0 Å². The first-order chi connectivity index (χ1) is 24.6. The molecule has 0 unspecified atom stereocenters. The number of hydrogen-bond acceptors (Lipinski definition) is 4. The van der Waals surface area contributed by atoms with Gasteiger partial charge in [-0.15, -0.1) is 0 Å². The van der Waals surface area contributed by atoms with Crippen LogP contribution >= 0.6 is 0 Å². The van der Waals surface area contributed by atoms with Crippen molar-refractivity contribution in [1.29, 1.82) is 0 Å². The lowest BCUT2D eigenvalue weighted by Gasteiger charge is -2.21. The van der Waals surface area contributed by atoms with Crippen molar-refractivity contribution in [3.63, 3.8) is 0 Å². The molecule has 0 aliphatic heterocycles. The molecule has 2 aromatic heterocycles. The van der Waals surface area contributed by atoms with Gasteiger partial charge < -0.3 is 0 Å². The van der Waals surface area contributed by atoms with E-state index in [1.807, 2.05) is 18.2 Å².